The summed E-state index contributed by atoms with van der Waals surface area (Å²) in [5.41, 5.74) is 1.88. The molecule has 4 rings (SSSR count). The average Bonchev–Trinajstić information content (AvgIpc) is 3.42. The number of hydrogen-bond donors (Lipinski definition) is 1. The smallest absolute Gasteiger partial charge is 0.230 e. The molecule has 0 spiro atoms. The van der Waals surface area contributed by atoms with E-state index in [1.54, 1.807) is 11.3 Å². The lowest BCUT2D eigenvalue weighted by Gasteiger charge is -2.11. The molecule has 1 atom stereocenters. The molecule has 0 bridgehead atoms. The number of thiazole rings is 1. The third-order valence-electron chi connectivity index (χ3n) is 4.56. The summed E-state index contributed by atoms with van der Waals surface area (Å²) < 4.78 is 9.61. The fraction of sp³-hybridized carbons (Fsp3) is 0.529. The summed E-state index contributed by atoms with van der Waals surface area (Å²) in [6, 6.07) is 0. The molecule has 1 amide bonds. The molecule has 1 saturated heterocycles. The van der Waals surface area contributed by atoms with Gasteiger partial charge in [0.05, 0.1) is 17.6 Å². The minimum absolute atomic E-state index is 0.0107. The molecule has 27 heavy (non-hydrogen) atoms. The zero-order chi connectivity index (χ0) is 18.8. The van der Waals surface area contributed by atoms with Crippen molar-refractivity contribution in [3.8, 4) is 11.5 Å². The van der Waals surface area contributed by atoms with Crippen LogP contribution in [0.2, 0.25) is 0 Å². The minimum atomic E-state index is -0.0107. The van der Waals surface area contributed by atoms with Gasteiger partial charge < -0.3 is 14.6 Å². The number of carbonyl (C=O) groups is 1. The number of fused-ring (bicyclic) bond motifs is 1. The average molecular weight is 407 g/mol. The normalized spacial score (nSPS) is 17.0. The first-order valence-corrected chi connectivity index (χ1v) is 10.9. The highest BCUT2D eigenvalue weighted by Gasteiger charge is 2.21. The number of ether oxygens (including phenoxy) is 1. The molecule has 3 aromatic rings. The first-order chi connectivity index (χ1) is 13.2. The Balaban J connectivity index is 1.45. The van der Waals surface area contributed by atoms with Gasteiger partial charge in [-0.3, -0.25) is 9.20 Å². The second kappa shape index (κ2) is 7.99. The molecule has 0 saturated carbocycles. The van der Waals surface area contributed by atoms with Gasteiger partial charge in [-0.15, -0.1) is 21.5 Å². The van der Waals surface area contributed by atoms with Crippen molar-refractivity contribution in [2.45, 2.75) is 44.5 Å². The maximum absolute atomic E-state index is 12.1. The summed E-state index contributed by atoms with van der Waals surface area (Å²) in [5.74, 6) is 1.08. The van der Waals surface area contributed by atoms with Gasteiger partial charge >= 0.3 is 0 Å². The highest BCUT2D eigenvalue weighted by molar-refractivity contribution is 7.99. The van der Waals surface area contributed by atoms with Crippen LogP contribution in [0, 0.1) is 6.92 Å². The Hall–Kier alpha value is -1.91. The SMILES string of the molecule is CCn1c(SCC(=O)NC[C@@H]2CCCO2)nnc1-c1c(C)nc2sccn12. The molecule has 0 radical (unpaired) electrons. The summed E-state index contributed by atoms with van der Waals surface area (Å²) in [5, 5.41) is 14.4. The van der Waals surface area contributed by atoms with Crippen molar-refractivity contribution in [3.05, 3.63) is 17.3 Å². The maximum Gasteiger partial charge on any atom is 0.230 e. The summed E-state index contributed by atoms with van der Waals surface area (Å²) in [6.07, 6.45) is 4.24. The second-order valence-corrected chi connectivity index (χ2v) is 8.20. The molecule has 0 unspecified atom stereocenters. The molecule has 1 N–H and O–H groups in total. The largest absolute Gasteiger partial charge is 0.376 e. The van der Waals surface area contributed by atoms with Gasteiger partial charge in [0.1, 0.15) is 5.69 Å². The standard InChI is InChI=1S/C17H22N6O2S2/c1-3-22-15(14-11(2)19-16-23(14)6-8-26-16)20-21-17(22)27-10-13(24)18-9-12-5-4-7-25-12/h6,8,12H,3-5,7,9-10H2,1-2H3,(H,18,24)/t12-/m0/s1. The van der Waals surface area contributed by atoms with Crippen LogP contribution in [0.5, 0.6) is 0 Å². The molecule has 1 aliphatic rings. The van der Waals surface area contributed by atoms with E-state index in [9.17, 15) is 4.79 Å². The molecular formula is C17H22N6O2S2. The van der Waals surface area contributed by atoms with Crippen LogP contribution >= 0.6 is 23.1 Å². The highest BCUT2D eigenvalue weighted by Crippen LogP contribution is 2.28. The van der Waals surface area contributed by atoms with E-state index in [0.29, 0.717) is 12.3 Å². The Morgan fingerprint density at radius 2 is 2.37 bits per heavy atom. The number of imidazole rings is 1. The summed E-state index contributed by atoms with van der Waals surface area (Å²) >= 11 is 3.00. The van der Waals surface area contributed by atoms with Crippen molar-refractivity contribution < 1.29 is 9.53 Å². The fourth-order valence-corrected chi connectivity index (χ4v) is 4.83. The number of carbonyl (C=O) groups excluding carboxylic acids is 1. The monoisotopic (exact) mass is 406 g/mol. The van der Waals surface area contributed by atoms with Crippen LogP contribution in [0.4, 0.5) is 0 Å². The number of rotatable bonds is 7. The zero-order valence-electron chi connectivity index (χ0n) is 15.3. The topological polar surface area (TPSA) is 86.3 Å². The van der Waals surface area contributed by atoms with Crippen LogP contribution in [0.15, 0.2) is 16.7 Å². The first-order valence-electron chi connectivity index (χ1n) is 9.04. The van der Waals surface area contributed by atoms with E-state index in [2.05, 4.69) is 27.4 Å². The Morgan fingerprint density at radius 3 is 3.15 bits per heavy atom. The van der Waals surface area contributed by atoms with E-state index in [1.165, 1.54) is 11.8 Å². The third-order valence-corrected chi connectivity index (χ3v) is 6.29. The molecule has 8 nitrogen and oxygen atoms in total. The Kier molecular flexibility index (Phi) is 5.46. The quantitative estimate of drug-likeness (QED) is 0.606. The van der Waals surface area contributed by atoms with E-state index in [0.717, 1.165) is 53.3 Å². The van der Waals surface area contributed by atoms with E-state index in [-0.39, 0.29) is 12.0 Å². The number of thioether (sulfide) groups is 1. The van der Waals surface area contributed by atoms with Crippen LogP contribution in [0.1, 0.15) is 25.5 Å². The van der Waals surface area contributed by atoms with Gasteiger partial charge in [0.15, 0.2) is 15.9 Å². The maximum atomic E-state index is 12.1. The number of nitrogens with zero attached hydrogens (tertiary/aromatic N) is 5. The van der Waals surface area contributed by atoms with Gasteiger partial charge in [-0.25, -0.2) is 4.98 Å². The molecule has 0 aromatic carbocycles. The van der Waals surface area contributed by atoms with Crippen LogP contribution in [0.3, 0.4) is 0 Å². The van der Waals surface area contributed by atoms with E-state index >= 15 is 0 Å². The summed E-state index contributed by atoms with van der Waals surface area (Å²) in [4.78, 5) is 17.7. The lowest BCUT2D eigenvalue weighted by Crippen LogP contribution is -2.32. The van der Waals surface area contributed by atoms with Gasteiger partial charge in [0.25, 0.3) is 0 Å². The van der Waals surface area contributed by atoms with Gasteiger partial charge in [-0.05, 0) is 26.7 Å². The third kappa shape index (κ3) is 3.74. The van der Waals surface area contributed by atoms with Gasteiger partial charge in [0, 0.05) is 31.3 Å². The molecule has 1 fully saturated rings. The van der Waals surface area contributed by atoms with E-state index in [1.807, 2.05) is 27.5 Å². The predicted octanol–water partition coefficient (Wildman–Crippen LogP) is 2.37. The van der Waals surface area contributed by atoms with Crippen molar-refractivity contribution in [1.29, 1.82) is 0 Å². The van der Waals surface area contributed by atoms with Crippen molar-refractivity contribution in [2.75, 3.05) is 18.9 Å². The highest BCUT2D eigenvalue weighted by atomic mass is 32.2. The van der Waals surface area contributed by atoms with E-state index < -0.39 is 0 Å². The summed E-state index contributed by atoms with van der Waals surface area (Å²) in [6.45, 7) is 6.13. The van der Waals surface area contributed by atoms with E-state index in [4.69, 9.17) is 4.74 Å². The van der Waals surface area contributed by atoms with Gasteiger partial charge in [-0.1, -0.05) is 11.8 Å². The molecule has 144 valence electrons. The Bertz CT molecular complexity index is 941. The number of nitrogens with one attached hydrogen (secondary N) is 1. The lowest BCUT2D eigenvalue weighted by molar-refractivity contribution is -0.119. The molecule has 4 heterocycles. The predicted molar refractivity (Wildman–Crippen MR) is 105 cm³/mol. The molecular weight excluding hydrogens is 384 g/mol. The van der Waals surface area contributed by atoms with Crippen LogP contribution < -0.4 is 5.32 Å². The van der Waals surface area contributed by atoms with Crippen molar-refractivity contribution in [1.82, 2.24) is 29.5 Å². The van der Waals surface area contributed by atoms with Crippen LogP contribution in [-0.2, 0) is 16.1 Å². The van der Waals surface area contributed by atoms with Crippen molar-refractivity contribution >= 4 is 34.0 Å². The van der Waals surface area contributed by atoms with Crippen molar-refractivity contribution in [3.63, 3.8) is 0 Å². The number of aryl methyl sites for hydroxylation is 1. The number of hydrogen-bond acceptors (Lipinski definition) is 7. The first kappa shape index (κ1) is 18.5. The van der Waals surface area contributed by atoms with Gasteiger partial charge in [0.2, 0.25) is 5.91 Å². The Labute approximate surface area is 165 Å². The zero-order valence-corrected chi connectivity index (χ0v) is 17.0. The van der Waals surface area contributed by atoms with Crippen LogP contribution in [0.25, 0.3) is 16.5 Å². The van der Waals surface area contributed by atoms with Crippen LogP contribution in [-0.4, -0.2) is 55.1 Å². The summed E-state index contributed by atoms with van der Waals surface area (Å²) in [7, 11) is 0. The van der Waals surface area contributed by atoms with Gasteiger partial charge in [-0.2, -0.15) is 0 Å². The molecule has 1 aliphatic heterocycles. The molecule has 10 heteroatoms. The number of amides is 1. The lowest BCUT2D eigenvalue weighted by atomic mass is 10.2. The second-order valence-electron chi connectivity index (χ2n) is 6.38. The minimum Gasteiger partial charge on any atom is -0.376 e. The molecule has 0 aliphatic carbocycles. The molecule has 3 aromatic heterocycles. The fourth-order valence-electron chi connectivity index (χ4n) is 3.23. The number of aromatic nitrogens is 5. The Morgan fingerprint density at radius 1 is 1.48 bits per heavy atom. The van der Waals surface area contributed by atoms with Crippen molar-refractivity contribution in [2.24, 2.45) is 0 Å².